The number of halogens is 3. The van der Waals surface area contributed by atoms with E-state index >= 15 is 0 Å². The van der Waals surface area contributed by atoms with E-state index in [1.807, 2.05) is 11.8 Å². The molecule has 1 amide bonds. The zero-order chi connectivity index (χ0) is 16.9. The summed E-state index contributed by atoms with van der Waals surface area (Å²) in [6.07, 6.45) is -2.71. The van der Waals surface area contributed by atoms with Gasteiger partial charge in [-0.1, -0.05) is 19.1 Å². The quantitative estimate of drug-likeness (QED) is 0.872. The predicted octanol–water partition coefficient (Wildman–Crippen LogP) is 2.73. The Morgan fingerprint density at radius 2 is 2.04 bits per heavy atom. The van der Waals surface area contributed by atoms with Gasteiger partial charge in [-0.25, -0.2) is 0 Å². The molecule has 2 rings (SSSR count). The fourth-order valence-electron chi connectivity index (χ4n) is 2.74. The normalized spacial score (nSPS) is 18.0. The summed E-state index contributed by atoms with van der Waals surface area (Å²) in [4.78, 5) is 14.4. The Morgan fingerprint density at radius 1 is 1.35 bits per heavy atom. The van der Waals surface area contributed by atoms with Crippen LogP contribution in [0.15, 0.2) is 24.3 Å². The van der Waals surface area contributed by atoms with Crippen LogP contribution < -0.4 is 10.1 Å². The smallest absolute Gasteiger partial charge is 0.406 e. The van der Waals surface area contributed by atoms with Gasteiger partial charge in [0, 0.05) is 19.1 Å². The Labute approximate surface area is 133 Å². The van der Waals surface area contributed by atoms with Crippen molar-refractivity contribution < 1.29 is 22.7 Å². The SMILES string of the molecule is CCCN(C(=O)Cc1ccc(OC(F)(F)F)cc1)C1CCNC1. The summed E-state index contributed by atoms with van der Waals surface area (Å²) < 4.78 is 40.2. The van der Waals surface area contributed by atoms with Crippen molar-refractivity contribution in [1.29, 1.82) is 0 Å². The summed E-state index contributed by atoms with van der Waals surface area (Å²) in [6.45, 7) is 4.41. The molecule has 0 saturated carbocycles. The lowest BCUT2D eigenvalue weighted by atomic mass is 10.1. The number of alkyl halides is 3. The first kappa shape index (κ1) is 17.6. The van der Waals surface area contributed by atoms with E-state index in [-0.39, 0.29) is 24.1 Å². The fourth-order valence-corrected chi connectivity index (χ4v) is 2.74. The summed E-state index contributed by atoms with van der Waals surface area (Å²) in [6, 6.07) is 5.66. The number of ether oxygens (including phenoxy) is 1. The van der Waals surface area contributed by atoms with Crippen molar-refractivity contribution in [2.45, 2.75) is 38.6 Å². The average Bonchev–Trinajstić information content (AvgIpc) is 2.99. The molecule has 1 unspecified atom stereocenters. The van der Waals surface area contributed by atoms with Crippen LogP contribution in [0.4, 0.5) is 13.2 Å². The Kier molecular flexibility index (Phi) is 5.87. The maximum absolute atomic E-state index is 12.5. The molecule has 1 aromatic carbocycles. The summed E-state index contributed by atoms with van der Waals surface area (Å²) in [5.41, 5.74) is 0.677. The van der Waals surface area contributed by atoms with Crippen molar-refractivity contribution >= 4 is 5.91 Å². The van der Waals surface area contributed by atoms with E-state index in [0.29, 0.717) is 12.1 Å². The third kappa shape index (κ3) is 5.42. The van der Waals surface area contributed by atoms with Gasteiger partial charge in [0.15, 0.2) is 0 Å². The van der Waals surface area contributed by atoms with Gasteiger partial charge in [0.25, 0.3) is 0 Å². The highest BCUT2D eigenvalue weighted by Gasteiger charge is 2.31. The van der Waals surface area contributed by atoms with E-state index in [2.05, 4.69) is 10.1 Å². The Hall–Kier alpha value is -1.76. The minimum atomic E-state index is -4.70. The standard InChI is InChI=1S/C16H21F3N2O2/c1-2-9-21(13-7-8-20-11-13)15(22)10-12-3-5-14(6-4-12)23-16(17,18)19/h3-6,13,20H,2,7-11H2,1H3. The summed E-state index contributed by atoms with van der Waals surface area (Å²) >= 11 is 0. The third-order valence-electron chi connectivity index (χ3n) is 3.77. The van der Waals surface area contributed by atoms with Crippen LogP contribution in [0.2, 0.25) is 0 Å². The number of rotatable bonds is 6. The second kappa shape index (κ2) is 7.68. The van der Waals surface area contributed by atoms with Gasteiger partial charge in [0.05, 0.1) is 6.42 Å². The molecular weight excluding hydrogens is 309 g/mol. The van der Waals surface area contributed by atoms with Gasteiger partial charge in [-0.2, -0.15) is 0 Å². The molecule has 1 heterocycles. The molecule has 0 bridgehead atoms. The molecule has 1 aromatic rings. The van der Waals surface area contributed by atoms with Crippen LogP contribution in [0.1, 0.15) is 25.3 Å². The number of carbonyl (C=O) groups excluding carboxylic acids is 1. The van der Waals surface area contributed by atoms with E-state index in [9.17, 15) is 18.0 Å². The zero-order valence-electron chi connectivity index (χ0n) is 13.0. The first-order chi connectivity index (χ1) is 10.9. The summed E-state index contributed by atoms with van der Waals surface area (Å²) in [5, 5.41) is 3.24. The molecule has 0 aromatic heterocycles. The van der Waals surface area contributed by atoms with E-state index in [1.165, 1.54) is 24.3 Å². The minimum absolute atomic E-state index is 0.00467. The molecular formula is C16H21F3N2O2. The van der Waals surface area contributed by atoms with Crippen LogP contribution in [-0.2, 0) is 11.2 Å². The predicted molar refractivity (Wildman–Crippen MR) is 80.1 cm³/mol. The second-order valence-electron chi connectivity index (χ2n) is 5.60. The van der Waals surface area contributed by atoms with Crippen molar-refractivity contribution in [3.63, 3.8) is 0 Å². The molecule has 0 aliphatic carbocycles. The molecule has 1 aliphatic rings. The van der Waals surface area contributed by atoms with Gasteiger partial charge < -0.3 is 15.0 Å². The van der Waals surface area contributed by atoms with Gasteiger partial charge in [-0.05, 0) is 37.1 Å². The van der Waals surface area contributed by atoms with E-state index < -0.39 is 6.36 Å². The molecule has 0 radical (unpaired) electrons. The molecule has 1 atom stereocenters. The average molecular weight is 330 g/mol. The first-order valence-corrected chi connectivity index (χ1v) is 7.74. The summed E-state index contributed by atoms with van der Waals surface area (Å²) in [5.74, 6) is -0.274. The van der Waals surface area contributed by atoms with Crippen molar-refractivity contribution in [2.75, 3.05) is 19.6 Å². The van der Waals surface area contributed by atoms with E-state index in [4.69, 9.17) is 0 Å². The zero-order valence-corrected chi connectivity index (χ0v) is 13.0. The highest BCUT2D eigenvalue weighted by Crippen LogP contribution is 2.23. The Balaban J connectivity index is 1.97. The van der Waals surface area contributed by atoms with Crippen LogP contribution >= 0.6 is 0 Å². The van der Waals surface area contributed by atoms with Gasteiger partial charge in [0.2, 0.25) is 5.91 Å². The molecule has 0 spiro atoms. The van der Waals surface area contributed by atoms with Gasteiger partial charge in [-0.15, -0.1) is 13.2 Å². The van der Waals surface area contributed by atoms with E-state index in [1.54, 1.807) is 0 Å². The van der Waals surface area contributed by atoms with Crippen molar-refractivity contribution in [2.24, 2.45) is 0 Å². The van der Waals surface area contributed by atoms with Crippen molar-refractivity contribution in [3.05, 3.63) is 29.8 Å². The van der Waals surface area contributed by atoms with Gasteiger partial charge in [0.1, 0.15) is 5.75 Å². The number of benzene rings is 1. The highest BCUT2D eigenvalue weighted by molar-refractivity contribution is 5.79. The third-order valence-corrected chi connectivity index (χ3v) is 3.77. The molecule has 23 heavy (non-hydrogen) atoms. The number of carbonyl (C=O) groups is 1. The number of nitrogens with one attached hydrogen (secondary N) is 1. The maximum atomic E-state index is 12.5. The second-order valence-corrected chi connectivity index (χ2v) is 5.60. The van der Waals surface area contributed by atoms with Gasteiger partial charge in [-0.3, -0.25) is 4.79 Å². The van der Waals surface area contributed by atoms with Crippen molar-refractivity contribution in [1.82, 2.24) is 10.2 Å². The number of hydrogen-bond acceptors (Lipinski definition) is 3. The number of amides is 1. The van der Waals surface area contributed by atoms with Crippen LogP contribution in [0.5, 0.6) is 5.75 Å². The number of hydrogen-bond donors (Lipinski definition) is 1. The molecule has 1 aliphatic heterocycles. The van der Waals surface area contributed by atoms with Crippen LogP contribution in [-0.4, -0.2) is 42.8 Å². The molecule has 1 fully saturated rings. The lowest BCUT2D eigenvalue weighted by molar-refractivity contribution is -0.274. The van der Waals surface area contributed by atoms with Crippen LogP contribution in [0, 0.1) is 0 Å². The molecule has 4 nitrogen and oxygen atoms in total. The van der Waals surface area contributed by atoms with Crippen LogP contribution in [0.25, 0.3) is 0 Å². The molecule has 1 N–H and O–H groups in total. The minimum Gasteiger partial charge on any atom is -0.406 e. The molecule has 1 saturated heterocycles. The fraction of sp³-hybridized carbons (Fsp3) is 0.562. The van der Waals surface area contributed by atoms with Crippen LogP contribution in [0.3, 0.4) is 0 Å². The topological polar surface area (TPSA) is 41.6 Å². The Morgan fingerprint density at radius 3 is 2.57 bits per heavy atom. The lowest BCUT2D eigenvalue weighted by Crippen LogP contribution is -2.42. The maximum Gasteiger partial charge on any atom is 0.573 e. The highest BCUT2D eigenvalue weighted by atomic mass is 19.4. The molecule has 7 heteroatoms. The number of nitrogens with zero attached hydrogens (tertiary/aromatic N) is 1. The first-order valence-electron chi connectivity index (χ1n) is 7.74. The lowest BCUT2D eigenvalue weighted by Gasteiger charge is -2.28. The summed E-state index contributed by atoms with van der Waals surface area (Å²) in [7, 11) is 0. The van der Waals surface area contributed by atoms with E-state index in [0.717, 1.165) is 25.9 Å². The largest absolute Gasteiger partial charge is 0.573 e. The van der Waals surface area contributed by atoms with Gasteiger partial charge >= 0.3 is 6.36 Å². The Bertz CT molecular complexity index is 511. The monoisotopic (exact) mass is 330 g/mol. The van der Waals surface area contributed by atoms with Crippen molar-refractivity contribution in [3.8, 4) is 5.75 Å². The molecule has 128 valence electrons.